The number of hydrogen-bond acceptors (Lipinski definition) is 3. The Morgan fingerprint density at radius 1 is 0.867 bits per heavy atom. The summed E-state index contributed by atoms with van der Waals surface area (Å²) in [5.74, 6) is -1.60. The molecule has 0 saturated carbocycles. The van der Waals surface area contributed by atoms with Gasteiger partial charge in [-0.25, -0.2) is 9.82 Å². The topological polar surface area (TPSA) is 70.6 Å². The Bertz CT molecular complexity index is 980. The molecule has 3 aromatic rings. The molecule has 2 amide bonds. The van der Waals surface area contributed by atoms with Gasteiger partial charge >= 0.3 is 0 Å². The van der Waals surface area contributed by atoms with Gasteiger partial charge in [0, 0.05) is 0 Å². The number of halogens is 1. The molecule has 0 fully saturated rings. The van der Waals surface area contributed by atoms with Gasteiger partial charge in [-0.2, -0.15) is 5.10 Å². The highest BCUT2D eigenvalue weighted by Crippen LogP contribution is 2.24. The minimum Gasteiger partial charge on any atom is -0.346 e. The van der Waals surface area contributed by atoms with Crippen LogP contribution in [0.5, 0.6) is 0 Å². The fourth-order valence-corrected chi connectivity index (χ4v) is 3.00. The Kier molecular flexibility index (Phi) is 7.05. The first-order chi connectivity index (χ1) is 14.5. The van der Waals surface area contributed by atoms with Crippen molar-refractivity contribution < 1.29 is 14.0 Å². The number of nitrogens with zero attached hydrogens (tertiary/aromatic N) is 1. The zero-order valence-electron chi connectivity index (χ0n) is 16.5. The molecule has 0 saturated heterocycles. The monoisotopic (exact) mass is 403 g/mol. The van der Waals surface area contributed by atoms with Crippen molar-refractivity contribution in [2.75, 3.05) is 6.54 Å². The van der Waals surface area contributed by atoms with Crippen LogP contribution in [0.2, 0.25) is 0 Å². The van der Waals surface area contributed by atoms with Gasteiger partial charge in [-0.3, -0.25) is 9.59 Å². The number of amides is 2. The average Bonchev–Trinajstić information content (AvgIpc) is 2.78. The zero-order valence-corrected chi connectivity index (χ0v) is 16.5. The predicted octanol–water partition coefficient (Wildman–Crippen LogP) is 3.61. The fourth-order valence-electron chi connectivity index (χ4n) is 3.00. The van der Waals surface area contributed by atoms with E-state index in [1.165, 1.54) is 12.1 Å². The number of carbonyl (C=O) groups is 2. The van der Waals surface area contributed by atoms with Gasteiger partial charge in [0.1, 0.15) is 5.82 Å². The van der Waals surface area contributed by atoms with E-state index < -0.39 is 11.8 Å². The summed E-state index contributed by atoms with van der Waals surface area (Å²) in [5, 5.41) is 6.69. The largest absolute Gasteiger partial charge is 0.346 e. The second kappa shape index (κ2) is 10.1. The molecule has 2 N–H and O–H groups in total. The van der Waals surface area contributed by atoms with Crippen molar-refractivity contribution in [1.29, 1.82) is 0 Å². The van der Waals surface area contributed by atoms with Gasteiger partial charge < -0.3 is 5.32 Å². The van der Waals surface area contributed by atoms with E-state index in [2.05, 4.69) is 15.8 Å². The summed E-state index contributed by atoms with van der Waals surface area (Å²) >= 11 is 0. The average molecular weight is 403 g/mol. The van der Waals surface area contributed by atoms with E-state index in [4.69, 9.17) is 0 Å². The molecule has 3 aromatic carbocycles. The Morgan fingerprint density at radius 3 is 1.93 bits per heavy atom. The summed E-state index contributed by atoms with van der Waals surface area (Å²) in [6, 6.07) is 24.6. The number of nitrogens with one attached hydrogen (secondary N) is 2. The molecule has 5 nitrogen and oxygen atoms in total. The van der Waals surface area contributed by atoms with E-state index in [1.54, 1.807) is 19.1 Å². The maximum atomic E-state index is 13.0. The SMILES string of the molecule is CC(=NNC(=O)CNC(=O)C(c1ccccc1)c1ccccc1)c1ccc(F)cc1. The van der Waals surface area contributed by atoms with Gasteiger partial charge in [-0.15, -0.1) is 0 Å². The standard InChI is InChI=1S/C24H22FN3O2/c1-17(18-12-14-21(25)15-13-18)27-28-22(29)16-26-24(30)23(19-8-4-2-5-9-19)20-10-6-3-7-11-20/h2-15,23H,16H2,1H3,(H,26,30)(H,28,29). The van der Waals surface area contributed by atoms with E-state index in [-0.39, 0.29) is 18.3 Å². The highest BCUT2D eigenvalue weighted by molar-refractivity contribution is 5.99. The summed E-state index contributed by atoms with van der Waals surface area (Å²) in [6.07, 6.45) is 0. The Labute approximate surface area is 174 Å². The Balaban J connectivity index is 1.63. The van der Waals surface area contributed by atoms with Gasteiger partial charge in [0.15, 0.2) is 0 Å². The lowest BCUT2D eigenvalue weighted by Crippen LogP contribution is -2.38. The molecule has 0 aliphatic rings. The lowest BCUT2D eigenvalue weighted by atomic mass is 9.90. The van der Waals surface area contributed by atoms with E-state index >= 15 is 0 Å². The molecule has 0 bridgehead atoms. The molecular weight excluding hydrogens is 381 g/mol. The first-order valence-electron chi connectivity index (χ1n) is 9.51. The van der Waals surface area contributed by atoms with Crippen molar-refractivity contribution in [1.82, 2.24) is 10.7 Å². The van der Waals surface area contributed by atoms with Crippen molar-refractivity contribution >= 4 is 17.5 Å². The van der Waals surface area contributed by atoms with Crippen molar-refractivity contribution in [2.24, 2.45) is 5.10 Å². The van der Waals surface area contributed by atoms with Crippen molar-refractivity contribution in [3.63, 3.8) is 0 Å². The van der Waals surface area contributed by atoms with Gasteiger partial charge in [0.25, 0.3) is 5.91 Å². The summed E-state index contributed by atoms with van der Waals surface area (Å²) in [7, 11) is 0. The van der Waals surface area contributed by atoms with Crippen LogP contribution >= 0.6 is 0 Å². The molecule has 0 heterocycles. The first-order valence-corrected chi connectivity index (χ1v) is 9.51. The van der Waals surface area contributed by atoms with Crippen LogP contribution in [0.1, 0.15) is 29.5 Å². The van der Waals surface area contributed by atoms with Crippen LogP contribution in [0.4, 0.5) is 4.39 Å². The van der Waals surface area contributed by atoms with Gasteiger partial charge in [-0.1, -0.05) is 72.8 Å². The molecular formula is C24H22FN3O2. The molecule has 152 valence electrons. The normalized spacial score (nSPS) is 11.2. The quantitative estimate of drug-likeness (QED) is 0.467. The van der Waals surface area contributed by atoms with Crippen molar-refractivity contribution in [3.05, 3.63) is 107 Å². The third-order valence-corrected chi connectivity index (χ3v) is 4.56. The number of hydrazone groups is 1. The maximum Gasteiger partial charge on any atom is 0.259 e. The molecule has 0 aliphatic carbocycles. The predicted molar refractivity (Wildman–Crippen MR) is 114 cm³/mol. The smallest absolute Gasteiger partial charge is 0.259 e. The zero-order chi connectivity index (χ0) is 21.3. The minimum atomic E-state index is -0.523. The summed E-state index contributed by atoms with van der Waals surface area (Å²) in [5.41, 5.74) is 5.31. The van der Waals surface area contributed by atoms with Crippen LogP contribution in [-0.4, -0.2) is 24.1 Å². The van der Waals surface area contributed by atoms with Crippen LogP contribution < -0.4 is 10.7 Å². The van der Waals surface area contributed by atoms with Crippen LogP contribution in [0.15, 0.2) is 90.0 Å². The third-order valence-electron chi connectivity index (χ3n) is 4.56. The molecule has 0 radical (unpaired) electrons. The van der Waals surface area contributed by atoms with E-state index in [0.717, 1.165) is 11.1 Å². The molecule has 6 heteroatoms. The Hall–Kier alpha value is -3.80. The number of benzene rings is 3. The van der Waals surface area contributed by atoms with Gasteiger partial charge in [-0.05, 0) is 35.7 Å². The molecule has 0 aliphatic heterocycles. The van der Waals surface area contributed by atoms with Crippen LogP contribution in [0.3, 0.4) is 0 Å². The Morgan fingerprint density at radius 2 is 1.40 bits per heavy atom. The molecule has 3 rings (SSSR count). The molecule has 0 atom stereocenters. The molecule has 0 unspecified atom stereocenters. The minimum absolute atomic E-state index is 0.213. The lowest BCUT2D eigenvalue weighted by Gasteiger charge is -2.17. The number of carbonyl (C=O) groups excluding carboxylic acids is 2. The lowest BCUT2D eigenvalue weighted by molar-refractivity contribution is -0.126. The van der Waals surface area contributed by atoms with Crippen molar-refractivity contribution in [3.8, 4) is 0 Å². The number of hydrogen-bond donors (Lipinski definition) is 2. The highest BCUT2D eigenvalue weighted by Gasteiger charge is 2.22. The second-order valence-electron chi connectivity index (χ2n) is 6.71. The number of rotatable bonds is 7. The van der Waals surface area contributed by atoms with Gasteiger partial charge in [0.05, 0.1) is 18.2 Å². The maximum absolute atomic E-state index is 13.0. The van der Waals surface area contributed by atoms with Crippen LogP contribution in [-0.2, 0) is 9.59 Å². The fraction of sp³-hybridized carbons (Fsp3) is 0.125. The van der Waals surface area contributed by atoms with Crippen LogP contribution in [0, 0.1) is 5.82 Å². The van der Waals surface area contributed by atoms with Gasteiger partial charge in [0.2, 0.25) is 5.91 Å². The summed E-state index contributed by atoms with van der Waals surface area (Å²) in [4.78, 5) is 25.0. The summed E-state index contributed by atoms with van der Waals surface area (Å²) in [6.45, 7) is 1.49. The van der Waals surface area contributed by atoms with E-state index in [9.17, 15) is 14.0 Å². The second-order valence-corrected chi connectivity index (χ2v) is 6.71. The summed E-state index contributed by atoms with van der Waals surface area (Å²) < 4.78 is 13.0. The molecule has 0 spiro atoms. The molecule has 0 aromatic heterocycles. The highest BCUT2D eigenvalue weighted by atomic mass is 19.1. The first kappa shape index (κ1) is 20.9. The van der Waals surface area contributed by atoms with E-state index in [0.29, 0.717) is 11.3 Å². The van der Waals surface area contributed by atoms with Crippen molar-refractivity contribution in [2.45, 2.75) is 12.8 Å². The third kappa shape index (κ3) is 5.61. The molecule has 30 heavy (non-hydrogen) atoms. The van der Waals surface area contributed by atoms with Crippen LogP contribution in [0.25, 0.3) is 0 Å². The van der Waals surface area contributed by atoms with E-state index in [1.807, 2.05) is 60.7 Å².